The third-order valence-electron chi connectivity index (χ3n) is 4.64. The second kappa shape index (κ2) is 7.66. The van der Waals surface area contributed by atoms with Crippen molar-refractivity contribution in [1.82, 2.24) is 4.90 Å². The molecule has 2 atom stereocenters. The number of rotatable bonds is 4. The summed E-state index contributed by atoms with van der Waals surface area (Å²) in [5, 5.41) is 0. The van der Waals surface area contributed by atoms with Crippen molar-refractivity contribution in [3.63, 3.8) is 0 Å². The van der Waals surface area contributed by atoms with Crippen LogP contribution >= 0.6 is 0 Å². The van der Waals surface area contributed by atoms with Crippen LogP contribution in [0.1, 0.15) is 22.3 Å². The number of carbonyl (C=O) groups is 1. The molecule has 1 fully saturated rings. The maximum absolute atomic E-state index is 13.9. The van der Waals surface area contributed by atoms with E-state index in [1.54, 1.807) is 24.1 Å². The van der Waals surface area contributed by atoms with E-state index in [2.05, 4.69) is 0 Å². The van der Waals surface area contributed by atoms with E-state index in [4.69, 9.17) is 10.5 Å². The molecule has 132 valence electrons. The Morgan fingerprint density at radius 1 is 1.20 bits per heavy atom. The standard InChI is InChI=1S/C20H23FN2O2/c1-25-17-8-6-14(7-9-17)10-15-11-16(22)13-23(12-15)20(24)18-4-2-3-5-19(18)21/h2-9,15-16H,10-13,22H2,1H3. The molecular weight excluding hydrogens is 319 g/mol. The highest BCUT2D eigenvalue weighted by Crippen LogP contribution is 2.23. The normalized spacial score (nSPS) is 20.4. The molecule has 2 unspecified atom stereocenters. The average Bonchev–Trinajstić information content (AvgIpc) is 2.62. The molecule has 2 N–H and O–H groups in total. The molecule has 1 aliphatic rings. The fraction of sp³-hybridized carbons (Fsp3) is 0.350. The van der Waals surface area contributed by atoms with Gasteiger partial charge in [0, 0.05) is 19.1 Å². The van der Waals surface area contributed by atoms with Crippen molar-refractivity contribution in [3.8, 4) is 5.75 Å². The first-order valence-electron chi connectivity index (χ1n) is 8.49. The molecule has 1 heterocycles. The van der Waals surface area contributed by atoms with Gasteiger partial charge >= 0.3 is 0 Å². The molecule has 0 spiro atoms. The zero-order chi connectivity index (χ0) is 17.8. The number of methoxy groups -OCH3 is 1. The van der Waals surface area contributed by atoms with Crippen molar-refractivity contribution >= 4 is 5.91 Å². The van der Waals surface area contributed by atoms with Gasteiger partial charge in [-0.25, -0.2) is 4.39 Å². The number of ether oxygens (including phenoxy) is 1. The van der Waals surface area contributed by atoms with Crippen LogP contribution in [-0.4, -0.2) is 37.0 Å². The van der Waals surface area contributed by atoms with Crippen LogP contribution in [0.25, 0.3) is 0 Å². The topological polar surface area (TPSA) is 55.6 Å². The van der Waals surface area contributed by atoms with Crippen LogP contribution in [0.5, 0.6) is 5.75 Å². The summed E-state index contributed by atoms with van der Waals surface area (Å²) in [6, 6.07) is 13.9. The molecule has 3 rings (SSSR count). The van der Waals surface area contributed by atoms with Gasteiger partial charge in [-0.1, -0.05) is 24.3 Å². The number of benzene rings is 2. The molecule has 0 aromatic heterocycles. The maximum Gasteiger partial charge on any atom is 0.256 e. The van der Waals surface area contributed by atoms with Crippen LogP contribution in [0.15, 0.2) is 48.5 Å². The summed E-state index contributed by atoms with van der Waals surface area (Å²) in [6.07, 6.45) is 1.69. The zero-order valence-corrected chi connectivity index (χ0v) is 14.3. The lowest BCUT2D eigenvalue weighted by molar-refractivity contribution is 0.0645. The predicted molar refractivity (Wildman–Crippen MR) is 95.1 cm³/mol. The van der Waals surface area contributed by atoms with E-state index >= 15 is 0 Å². The lowest BCUT2D eigenvalue weighted by atomic mass is 9.88. The molecule has 0 bridgehead atoms. The van der Waals surface area contributed by atoms with Gasteiger partial charge in [-0.15, -0.1) is 0 Å². The Morgan fingerprint density at radius 3 is 2.60 bits per heavy atom. The summed E-state index contributed by atoms with van der Waals surface area (Å²) < 4.78 is 19.1. The Morgan fingerprint density at radius 2 is 1.92 bits per heavy atom. The van der Waals surface area contributed by atoms with Crippen LogP contribution < -0.4 is 10.5 Å². The van der Waals surface area contributed by atoms with E-state index in [1.807, 2.05) is 24.3 Å². The molecule has 2 aromatic carbocycles. The second-order valence-electron chi connectivity index (χ2n) is 6.60. The second-order valence-corrected chi connectivity index (χ2v) is 6.60. The Bertz CT molecular complexity index is 733. The molecule has 0 radical (unpaired) electrons. The largest absolute Gasteiger partial charge is 0.497 e. The van der Waals surface area contributed by atoms with Gasteiger partial charge in [0.2, 0.25) is 0 Å². The number of likely N-dealkylation sites (tertiary alicyclic amines) is 1. The lowest BCUT2D eigenvalue weighted by Crippen LogP contribution is -2.50. The summed E-state index contributed by atoms with van der Waals surface area (Å²) in [6.45, 7) is 1.05. The Hall–Kier alpha value is -2.40. The van der Waals surface area contributed by atoms with Crippen molar-refractivity contribution < 1.29 is 13.9 Å². The van der Waals surface area contributed by atoms with Gasteiger partial charge in [-0.05, 0) is 48.6 Å². The van der Waals surface area contributed by atoms with Crippen molar-refractivity contribution in [1.29, 1.82) is 0 Å². The third-order valence-corrected chi connectivity index (χ3v) is 4.64. The molecule has 5 heteroatoms. The molecule has 0 saturated carbocycles. The molecule has 2 aromatic rings. The first kappa shape index (κ1) is 17.4. The molecule has 25 heavy (non-hydrogen) atoms. The van der Waals surface area contributed by atoms with Crippen LogP contribution in [0.4, 0.5) is 4.39 Å². The summed E-state index contributed by atoms with van der Waals surface area (Å²) in [5.41, 5.74) is 7.45. The summed E-state index contributed by atoms with van der Waals surface area (Å²) in [7, 11) is 1.64. The highest BCUT2D eigenvalue weighted by atomic mass is 19.1. The first-order chi connectivity index (χ1) is 12.1. The number of hydrogen-bond acceptors (Lipinski definition) is 3. The van der Waals surface area contributed by atoms with E-state index < -0.39 is 5.82 Å². The maximum atomic E-state index is 13.9. The lowest BCUT2D eigenvalue weighted by Gasteiger charge is -2.36. The van der Waals surface area contributed by atoms with E-state index in [9.17, 15) is 9.18 Å². The SMILES string of the molecule is COc1ccc(CC2CC(N)CN(C(=O)c3ccccc3F)C2)cc1. The van der Waals surface area contributed by atoms with Crippen LogP contribution in [0.2, 0.25) is 0 Å². The minimum Gasteiger partial charge on any atom is -0.497 e. The Balaban J connectivity index is 1.70. The van der Waals surface area contributed by atoms with Gasteiger partial charge in [-0.3, -0.25) is 4.79 Å². The van der Waals surface area contributed by atoms with Crippen molar-refractivity contribution in [2.75, 3.05) is 20.2 Å². The number of carbonyl (C=O) groups excluding carboxylic acids is 1. The van der Waals surface area contributed by atoms with Crippen LogP contribution in [-0.2, 0) is 6.42 Å². The van der Waals surface area contributed by atoms with E-state index in [-0.39, 0.29) is 23.4 Å². The zero-order valence-electron chi connectivity index (χ0n) is 14.3. The van der Waals surface area contributed by atoms with Gasteiger partial charge in [0.15, 0.2) is 0 Å². The number of hydrogen-bond donors (Lipinski definition) is 1. The quantitative estimate of drug-likeness (QED) is 0.929. The Kier molecular flexibility index (Phi) is 5.34. The smallest absolute Gasteiger partial charge is 0.256 e. The van der Waals surface area contributed by atoms with Crippen LogP contribution in [0, 0.1) is 11.7 Å². The van der Waals surface area contributed by atoms with Gasteiger partial charge in [-0.2, -0.15) is 0 Å². The van der Waals surface area contributed by atoms with E-state index in [1.165, 1.54) is 17.7 Å². The van der Waals surface area contributed by atoms with Gasteiger partial charge < -0.3 is 15.4 Å². The van der Waals surface area contributed by atoms with Gasteiger partial charge in [0.05, 0.1) is 12.7 Å². The van der Waals surface area contributed by atoms with Gasteiger partial charge in [0.1, 0.15) is 11.6 Å². The average molecular weight is 342 g/mol. The van der Waals surface area contributed by atoms with Crippen molar-refractivity contribution in [2.24, 2.45) is 11.7 Å². The fourth-order valence-electron chi connectivity index (χ4n) is 3.46. The summed E-state index contributed by atoms with van der Waals surface area (Å²) >= 11 is 0. The van der Waals surface area contributed by atoms with E-state index in [0.717, 1.165) is 18.6 Å². The Labute approximate surface area is 147 Å². The number of amides is 1. The minimum atomic E-state index is -0.488. The molecule has 1 aliphatic heterocycles. The monoisotopic (exact) mass is 342 g/mol. The predicted octanol–water partition coefficient (Wildman–Crippen LogP) is 2.87. The van der Waals surface area contributed by atoms with Crippen LogP contribution in [0.3, 0.4) is 0 Å². The number of halogens is 1. The summed E-state index contributed by atoms with van der Waals surface area (Å²) in [4.78, 5) is 14.3. The third kappa shape index (κ3) is 4.17. The fourth-order valence-corrected chi connectivity index (χ4v) is 3.46. The van der Waals surface area contributed by atoms with E-state index in [0.29, 0.717) is 13.1 Å². The molecule has 1 amide bonds. The molecule has 0 aliphatic carbocycles. The first-order valence-corrected chi connectivity index (χ1v) is 8.49. The highest BCUT2D eigenvalue weighted by Gasteiger charge is 2.29. The van der Waals surface area contributed by atoms with Crippen molar-refractivity contribution in [3.05, 3.63) is 65.5 Å². The highest BCUT2D eigenvalue weighted by molar-refractivity contribution is 5.94. The molecule has 4 nitrogen and oxygen atoms in total. The number of nitrogens with zero attached hydrogens (tertiary/aromatic N) is 1. The molecular formula is C20H23FN2O2. The van der Waals surface area contributed by atoms with Crippen molar-refractivity contribution in [2.45, 2.75) is 18.9 Å². The number of nitrogens with two attached hydrogens (primary N) is 1. The minimum absolute atomic E-state index is 0.0901. The summed E-state index contributed by atoms with van der Waals surface area (Å²) in [5.74, 6) is 0.305. The van der Waals surface area contributed by atoms with Gasteiger partial charge in [0.25, 0.3) is 5.91 Å². The molecule has 1 saturated heterocycles. The number of piperidine rings is 1.